The van der Waals surface area contributed by atoms with Gasteiger partial charge in [-0.15, -0.1) is 0 Å². The molecular weight excluding hydrogens is 421 g/mol. The van der Waals surface area contributed by atoms with Gasteiger partial charge in [0.1, 0.15) is 0 Å². The van der Waals surface area contributed by atoms with Crippen LogP contribution in [0.5, 0.6) is 5.75 Å². The lowest BCUT2D eigenvalue weighted by atomic mass is 10.1. The lowest BCUT2D eigenvalue weighted by Crippen LogP contribution is -2.13. The Balaban J connectivity index is 2.35. The van der Waals surface area contributed by atoms with Gasteiger partial charge in [-0.3, -0.25) is 4.79 Å². The molecule has 0 aliphatic heterocycles. The van der Waals surface area contributed by atoms with Crippen molar-refractivity contribution in [2.24, 2.45) is 0 Å². The van der Waals surface area contributed by atoms with Crippen molar-refractivity contribution in [3.63, 3.8) is 0 Å². The summed E-state index contributed by atoms with van der Waals surface area (Å²) in [5, 5.41) is 3.32. The number of rotatable bonds is 3. The molecule has 0 heterocycles. The molecule has 21 heavy (non-hydrogen) atoms. The zero-order valence-electron chi connectivity index (χ0n) is 11.3. The van der Waals surface area contributed by atoms with Crippen molar-refractivity contribution in [1.29, 1.82) is 0 Å². The van der Waals surface area contributed by atoms with Crippen molar-refractivity contribution in [3.05, 3.63) is 55.4 Å². The maximum atomic E-state index is 12.4. The monoisotopic (exact) mass is 431 g/mol. The summed E-state index contributed by atoms with van der Waals surface area (Å²) < 4.78 is 6.82. The third kappa shape index (κ3) is 3.99. The molecule has 0 radical (unpaired) electrons. The number of hydrogen-bond donors (Lipinski definition) is 1. The van der Waals surface area contributed by atoms with Gasteiger partial charge >= 0.3 is 0 Å². The number of ether oxygens (including phenoxy) is 1. The molecule has 0 bridgehead atoms. The molecule has 0 aromatic heterocycles. The predicted molar refractivity (Wildman–Crippen MR) is 92.5 cm³/mol. The molecule has 6 heteroatoms. The average Bonchev–Trinajstić information content (AvgIpc) is 2.37. The highest BCUT2D eigenvalue weighted by atomic mass is 79.9. The summed E-state index contributed by atoms with van der Waals surface area (Å²) in [5.41, 5.74) is 2.06. The summed E-state index contributed by atoms with van der Waals surface area (Å²) in [6.45, 7) is 1.93. The standard InChI is InChI=1S/C15H12Br2ClNO2/c1-8-3-9(5-10(16)4-8)15(20)19-13-7-11(18)6-12(17)14(13)21-2/h3-7H,1-2H3,(H,19,20). The van der Waals surface area contributed by atoms with Crippen LogP contribution in [-0.2, 0) is 0 Å². The van der Waals surface area contributed by atoms with Crippen LogP contribution in [0.2, 0.25) is 5.02 Å². The van der Waals surface area contributed by atoms with E-state index >= 15 is 0 Å². The minimum atomic E-state index is -0.230. The van der Waals surface area contributed by atoms with Crippen LogP contribution in [0.25, 0.3) is 0 Å². The third-order valence-corrected chi connectivity index (χ3v) is 4.03. The number of nitrogens with one attached hydrogen (secondary N) is 1. The predicted octanol–water partition coefficient (Wildman–Crippen LogP) is 5.43. The van der Waals surface area contributed by atoms with Crippen molar-refractivity contribution in [1.82, 2.24) is 0 Å². The largest absolute Gasteiger partial charge is 0.493 e. The maximum Gasteiger partial charge on any atom is 0.255 e. The van der Waals surface area contributed by atoms with Gasteiger partial charge in [0.2, 0.25) is 0 Å². The number of benzene rings is 2. The first-order valence-corrected chi connectivity index (χ1v) is 7.98. The first-order chi connectivity index (χ1) is 9.90. The van der Waals surface area contributed by atoms with Crippen molar-refractivity contribution in [2.75, 3.05) is 12.4 Å². The van der Waals surface area contributed by atoms with Crippen molar-refractivity contribution >= 4 is 55.1 Å². The number of anilines is 1. The Morgan fingerprint density at radius 2 is 1.90 bits per heavy atom. The normalized spacial score (nSPS) is 10.3. The van der Waals surface area contributed by atoms with E-state index < -0.39 is 0 Å². The van der Waals surface area contributed by atoms with Crippen LogP contribution in [0.4, 0.5) is 5.69 Å². The molecule has 0 fully saturated rings. The average molecular weight is 434 g/mol. The van der Waals surface area contributed by atoms with Gasteiger partial charge in [-0.05, 0) is 58.7 Å². The van der Waals surface area contributed by atoms with E-state index in [-0.39, 0.29) is 5.91 Å². The Labute approximate surface area is 144 Å². The molecule has 0 aliphatic carbocycles. The lowest BCUT2D eigenvalue weighted by molar-refractivity contribution is 0.102. The van der Waals surface area contributed by atoms with E-state index in [0.29, 0.717) is 26.5 Å². The molecule has 2 aromatic carbocycles. The van der Waals surface area contributed by atoms with Crippen LogP contribution in [0, 0.1) is 6.92 Å². The summed E-state index contributed by atoms with van der Waals surface area (Å²) >= 11 is 12.8. The number of amides is 1. The first-order valence-electron chi connectivity index (χ1n) is 6.02. The minimum Gasteiger partial charge on any atom is -0.493 e. The fourth-order valence-corrected chi connectivity index (χ4v) is 3.50. The number of methoxy groups -OCH3 is 1. The van der Waals surface area contributed by atoms with E-state index in [9.17, 15) is 4.79 Å². The number of carbonyl (C=O) groups excluding carboxylic acids is 1. The maximum absolute atomic E-state index is 12.4. The van der Waals surface area contributed by atoms with Crippen LogP contribution < -0.4 is 10.1 Å². The molecule has 0 saturated heterocycles. The zero-order valence-corrected chi connectivity index (χ0v) is 15.3. The summed E-state index contributed by atoms with van der Waals surface area (Å²) in [5.74, 6) is 0.298. The molecule has 0 atom stereocenters. The molecular formula is C15H12Br2ClNO2. The topological polar surface area (TPSA) is 38.3 Å². The third-order valence-electron chi connectivity index (χ3n) is 2.77. The molecule has 1 amide bonds. The van der Waals surface area contributed by atoms with E-state index in [4.69, 9.17) is 16.3 Å². The van der Waals surface area contributed by atoms with Gasteiger partial charge in [-0.25, -0.2) is 0 Å². The highest BCUT2D eigenvalue weighted by Crippen LogP contribution is 2.36. The van der Waals surface area contributed by atoms with Crippen LogP contribution in [0.1, 0.15) is 15.9 Å². The number of aryl methyl sites for hydroxylation is 1. The second kappa shape index (κ2) is 6.81. The molecule has 110 valence electrons. The van der Waals surface area contributed by atoms with Gasteiger partial charge in [-0.1, -0.05) is 27.5 Å². The smallest absolute Gasteiger partial charge is 0.255 e. The lowest BCUT2D eigenvalue weighted by Gasteiger charge is -2.13. The minimum absolute atomic E-state index is 0.230. The highest BCUT2D eigenvalue weighted by Gasteiger charge is 2.14. The first kappa shape index (κ1) is 16.3. The Kier molecular flexibility index (Phi) is 5.30. The fraction of sp³-hybridized carbons (Fsp3) is 0.133. The van der Waals surface area contributed by atoms with Crippen LogP contribution in [-0.4, -0.2) is 13.0 Å². The Bertz CT molecular complexity index is 684. The van der Waals surface area contributed by atoms with Crippen LogP contribution in [0.3, 0.4) is 0 Å². The van der Waals surface area contributed by atoms with E-state index in [1.54, 1.807) is 18.2 Å². The van der Waals surface area contributed by atoms with Gasteiger partial charge in [0, 0.05) is 15.1 Å². The molecule has 0 saturated carbocycles. The van der Waals surface area contributed by atoms with E-state index in [0.717, 1.165) is 10.0 Å². The van der Waals surface area contributed by atoms with Crippen molar-refractivity contribution in [3.8, 4) is 5.75 Å². The van der Waals surface area contributed by atoms with Crippen molar-refractivity contribution in [2.45, 2.75) is 6.92 Å². The molecule has 2 aromatic rings. The van der Waals surface area contributed by atoms with Gasteiger partial charge < -0.3 is 10.1 Å². The molecule has 0 spiro atoms. The van der Waals surface area contributed by atoms with E-state index in [1.807, 2.05) is 19.1 Å². The summed E-state index contributed by atoms with van der Waals surface area (Å²) in [7, 11) is 1.53. The second-order valence-electron chi connectivity index (χ2n) is 4.44. The van der Waals surface area contributed by atoms with Crippen LogP contribution >= 0.6 is 43.5 Å². The second-order valence-corrected chi connectivity index (χ2v) is 6.65. The zero-order chi connectivity index (χ0) is 15.6. The molecule has 0 unspecified atom stereocenters. The van der Waals surface area contributed by atoms with E-state index in [2.05, 4.69) is 37.2 Å². The molecule has 1 N–H and O–H groups in total. The van der Waals surface area contributed by atoms with Gasteiger partial charge in [0.05, 0.1) is 17.3 Å². The molecule has 3 nitrogen and oxygen atoms in total. The Morgan fingerprint density at radius 1 is 1.19 bits per heavy atom. The highest BCUT2D eigenvalue weighted by molar-refractivity contribution is 9.10. The van der Waals surface area contributed by atoms with Crippen LogP contribution in [0.15, 0.2) is 39.3 Å². The Morgan fingerprint density at radius 3 is 2.52 bits per heavy atom. The van der Waals surface area contributed by atoms with Crippen molar-refractivity contribution < 1.29 is 9.53 Å². The SMILES string of the molecule is COc1c(Br)cc(Cl)cc1NC(=O)c1cc(C)cc(Br)c1. The van der Waals surface area contributed by atoms with Gasteiger partial charge in [0.15, 0.2) is 5.75 Å². The quantitative estimate of drug-likeness (QED) is 0.701. The Hall–Kier alpha value is -1.04. The number of halogens is 3. The van der Waals surface area contributed by atoms with Gasteiger partial charge in [0.25, 0.3) is 5.91 Å². The number of carbonyl (C=O) groups is 1. The van der Waals surface area contributed by atoms with E-state index in [1.165, 1.54) is 7.11 Å². The molecule has 2 rings (SSSR count). The fourth-order valence-electron chi connectivity index (χ4n) is 1.92. The summed E-state index contributed by atoms with van der Waals surface area (Å²) in [6, 6.07) is 8.86. The molecule has 0 aliphatic rings. The number of hydrogen-bond acceptors (Lipinski definition) is 2. The summed E-state index contributed by atoms with van der Waals surface area (Å²) in [4.78, 5) is 12.4. The summed E-state index contributed by atoms with van der Waals surface area (Å²) in [6.07, 6.45) is 0. The van der Waals surface area contributed by atoms with Gasteiger partial charge in [-0.2, -0.15) is 0 Å².